The molecule has 0 unspecified atom stereocenters. The molecule has 1 aromatic carbocycles. The molecule has 0 bridgehead atoms. The summed E-state index contributed by atoms with van der Waals surface area (Å²) >= 11 is 0. The van der Waals surface area contributed by atoms with Gasteiger partial charge in [-0.1, -0.05) is 6.92 Å². The number of carbonyl (C=O) groups excluding carboxylic acids is 3. The molecule has 1 aliphatic rings. The van der Waals surface area contributed by atoms with Crippen molar-refractivity contribution in [2.45, 2.75) is 20.3 Å². The van der Waals surface area contributed by atoms with Gasteiger partial charge in [-0.05, 0) is 36.6 Å². The van der Waals surface area contributed by atoms with Gasteiger partial charge in [0.15, 0.2) is 6.61 Å². The number of amides is 2. The number of anilines is 2. The van der Waals surface area contributed by atoms with Crippen LogP contribution in [0.3, 0.4) is 0 Å². The van der Waals surface area contributed by atoms with Crippen LogP contribution in [0.2, 0.25) is 0 Å². The minimum Gasteiger partial charge on any atom is -0.455 e. The topological polar surface area (TPSA) is 84.5 Å². The predicted octanol–water partition coefficient (Wildman–Crippen LogP) is 1.78. The van der Waals surface area contributed by atoms with Crippen LogP contribution in [-0.4, -0.2) is 24.4 Å². The summed E-state index contributed by atoms with van der Waals surface area (Å²) in [6.07, 6.45) is 0.838. The number of benzene rings is 1. The Balaban J connectivity index is 1.76. The smallest absolute Gasteiger partial charge is 0.309 e. The van der Waals surface area contributed by atoms with E-state index in [9.17, 15) is 14.4 Å². The molecule has 0 aromatic heterocycles. The largest absolute Gasteiger partial charge is 0.455 e. The molecular weight excluding hydrogens is 272 g/mol. The zero-order valence-corrected chi connectivity index (χ0v) is 12.0. The second-order valence-electron chi connectivity index (χ2n) is 5.23. The lowest BCUT2D eigenvalue weighted by atomic mass is 10.2. The maximum absolute atomic E-state index is 11.6. The molecule has 6 nitrogen and oxygen atoms in total. The molecule has 0 aliphatic heterocycles. The summed E-state index contributed by atoms with van der Waals surface area (Å²) in [7, 11) is 0. The van der Waals surface area contributed by atoms with Gasteiger partial charge in [-0.15, -0.1) is 0 Å². The Morgan fingerprint density at radius 2 is 1.67 bits per heavy atom. The number of ether oxygens (including phenoxy) is 1. The number of nitrogens with one attached hydrogen (secondary N) is 2. The molecule has 112 valence electrons. The molecule has 2 rings (SSSR count). The third-order valence-electron chi connectivity index (χ3n) is 3.25. The SMILES string of the molecule is CC(=O)Nc1ccc(NC(=O)COC(=O)[C@H]2C[C@H]2C)cc1. The van der Waals surface area contributed by atoms with Crippen molar-refractivity contribution in [3.05, 3.63) is 24.3 Å². The summed E-state index contributed by atoms with van der Waals surface area (Å²) in [6, 6.07) is 6.67. The molecule has 1 fully saturated rings. The van der Waals surface area contributed by atoms with Gasteiger partial charge < -0.3 is 15.4 Å². The summed E-state index contributed by atoms with van der Waals surface area (Å²) in [4.78, 5) is 34.0. The Morgan fingerprint density at radius 3 is 2.14 bits per heavy atom. The third-order valence-corrected chi connectivity index (χ3v) is 3.25. The van der Waals surface area contributed by atoms with Crippen LogP contribution in [-0.2, 0) is 19.1 Å². The molecule has 6 heteroatoms. The van der Waals surface area contributed by atoms with Crippen molar-refractivity contribution in [3.63, 3.8) is 0 Å². The van der Waals surface area contributed by atoms with Crippen molar-refractivity contribution >= 4 is 29.2 Å². The monoisotopic (exact) mass is 290 g/mol. The minimum atomic E-state index is -0.385. The molecule has 1 aliphatic carbocycles. The first-order valence-electron chi connectivity index (χ1n) is 6.80. The maximum Gasteiger partial charge on any atom is 0.309 e. The van der Waals surface area contributed by atoms with Crippen LogP contribution in [0.15, 0.2) is 24.3 Å². The van der Waals surface area contributed by atoms with Crippen molar-refractivity contribution < 1.29 is 19.1 Å². The Kier molecular flexibility index (Phi) is 4.57. The molecule has 0 heterocycles. The summed E-state index contributed by atoms with van der Waals surface area (Å²) < 4.78 is 4.94. The number of hydrogen-bond donors (Lipinski definition) is 2. The number of esters is 1. The third kappa shape index (κ3) is 4.59. The van der Waals surface area contributed by atoms with Crippen LogP contribution in [0.4, 0.5) is 11.4 Å². The van der Waals surface area contributed by atoms with Gasteiger partial charge in [-0.3, -0.25) is 14.4 Å². The maximum atomic E-state index is 11.6. The number of hydrogen-bond acceptors (Lipinski definition) is 4. The van der Waals surface area contributed by atoms with Crippen LogP contribution >= 0.6 is 0 Å². The molecule has 0 spiro atoms. The average molecular weight is 290 g/mol. The Morgan fingerprint density at radius 1 is 1.14 bits per heavy atom. The lowest BCUT2D eigenvalue weighted by molar-refractivity contribution is -0.148. The van der Waals surface area contributed by atoms with Crippen molar-refractivity contribution in [1.82, 2.24) is 0 Å². The van der Waals surface area contributed by atoms with Crippen molar-refractivity contribution in [2.24, 2.45) is 11.8 Å². The molecule has 21 heavy (non-hydrogen) atoms. The standard InChI is InChI=1S/C15H18N2O4/c1-9-7-13(9)15(20)21-8-14(19)17-12-5-3-11(4-6-12)16-10(2)18/h3-6,9,13H,7-8H2,1-2H3,(H,16,18)(H,17,19)/t9-,13+/m1/s1. The van der Waals surface area contributed by atoms with E-state index in [0.717, 1.165) is 6.42 Å². The Bertz CT molecular complexity index is 553. The quantitative estimate of drug-likeness (QED) is 0.810. The van der Waals surface area contributed by atoms with Crippen LogP contribution in [0.5, 0.6) is 0 Å². The van der Waals surface area contributed by atoms with Crippen molar-refractivity contribution in [2.75, 3.05) is 17.2 Å². The molecule has 2 amide bonds. The van der Waals surface area contributed by atoms with Crippen molar-refractivity contribution in [1.29, 1.82) is 0 Å². The fraction of sp³-hybridized carbons (Fsp3) is 0.400. The Hall–Kier alpha value is -2.37. The van der Waals surface area contributed by atoms with E-state index < -0.39 is 0 Å². The second-order valence-corrected chi connectivity index (χ2v) is 5.23. The van der Waals surface area contributed by atoms with E-state index in [0.29, 0.717) is 17.3 Å². The predicted molar refractivity (Wildman–Crippen MR) is 77.6 cm³/mol. The molecule has 0 radical (unpaired) electrons. The summed E-state index contributed by atoms with van der Waals surface area (Å²) in [5, 5.41) is 5.25. The van der Waals surface area contributed by atoms with Crippen LogP contribution in [0.1, 0.15) is 20.3 Å². The zero-order valence-electron chi connectivity index (χ0n) is 12.0. The van der Waals surface area contributed by atoms with E-state index >= 15 is 0 Å². The van der Waals surface area contributed by atoms with E-state index in [1.54, 1.807) is 24.3 Å². The molecule has 1 aromatic rings. The fourth-order valence-corrected chi connectivity index (χ4v) is 1.93. The number of rotatable bonds is 5. The van der Waals surface area contributed by atoms with Gasteiger partial charge in [0, 0.05) is 18.3 Å². The summed E-state index contributed by atoms with van der Waals surface area (Å²) in [6.45, 7) is 3.11. The average Bonchev–Trinajstić information content (AvgIpc) is 3.15. The highest BCUT2D eigenvalue weighted by Gasteiger charge is 2.40. The molecular formula is C15H18N2O4. The van der Waals surface area contributed by atoms with E-state index in [4.69, 9.17) is 4.74 Å². The highest BCUT2D eigenvalue weighted by atomic mass is 16.5. The molecule has 0 saturated heterocycles. The van der Waals surface area contributed by atoms with Gasteiger partial charge in [0.1, 0.15) is 0 Å². The first-order chi connectivity index (χ1) is 9.95. The van der Waals surface area contributed by atoms with Gasteiger partial charge in [0.2, 0.25) is 5.91 Å². The molecule has 2 atom stereocenters. The van der Waals surface area contributed by atoms with Gasteiger partial charge in [0.05, 0.1) is 5.92 Å². The summed E-state index contributed by atoms with van der Waals surface area (Å²) in [5.74, 6) is -0.535. The lowest BCUT2D eigenvalue weighted by Gasteiger charge is -2.07. The Labute approximate surface area is 122 Å². The second kappa shape index (κ2) is 6.39. The summed E-state index contributed by atoms with van der Waals surface area (Å²) in [5.41, 5.74) is 1.22. The van der Waals surface area contributed by atoms with Crippen molar-refractivity contribution in [3.8, 4) is 0 Å². The highest BCUT2D eigenvalue weighted by Crippen LogP contribution is 2.38. The lowest BCUT2D eigenvalue weighted by Crippen LogP contribution is -2.21. The van der Waals surface area contributed by atoms with E-state index in [2.05, 4.69) is 10.6 Å². The van der Waals surface area contributed by atoms with Gasteiger partial charge in [-0.2, -0.15) is 0 Å². The molecule has 2 N–H and O–H groups in total. The van der Waals surface area contributed by atoms with E-state index in [1.165, 1.54) is 6.92 Å². The van der Waals surface area contributed by atoms with Crippen LogP contribution in [0.25, 0.3) is 0 Å². The normalized spacial score (nSPS) is 19.5. The van der Waals surface area contributed by atoms with Gasteiger partial charge in [-0.25, -0.2) is 0 Å². The fourth-order valence-electron chi connectivity index (χ4n) is 1.93. The molecule has 1 saturated carbocycles. The minimum absolute atomic E-state index is 0.0465. The van der Waals surface area contributed by atoms with E-state index in [-0.39, 0.29) is 30.3 Å². The highest BCUT2D eigenvalue weighted by molar-refractivity contribution is 5.94. The first-order valence-corrected chi connectivity index (χ1v) is 6.80. The number of carbonyl (C=O) groups is 3. The van der Waals surface area contributed by atoms with Crippen LogP contribution in [0, 0.1) is 11.8 Å². The first kappa shape index (κ1) is 15.0. The van der Waals surface area contributed by atoms with Gasteiger partial charge >= 0.3 is 5.97 Å². The van der Waals surface area contributed by atoms with E-state index in [1.807, 2.05) is 6.92 Å². The van der Waals surface area contributed by atoms with Crippen LogP contribution < -0.4 is 10.6 Å². The van der Waals surface area contributed by atoms with Gasteiger partial charge in [0.25, 0.3) is 5.91 Å². The zero-order chi connectivity index (χ0) is 15.4.